The first-order valence-electron chi connectivity index (χ1n) is 9.01. The van der Waals surface area contributed by atoms with Crippen molar-refractivity contribution < 1.29 is 13.9 Å². The molecule has 0 fully saturated rings. The van der Waals surface area contributed by atoms with E-state index in [9.17, 15) is 14.0 Å². The topological polar surface area (TPSA) is 76.5 Å². The molecule has 1 heterocycles. The molecule has 0 spiro atoms. The zero-order valence-electron chi connectivity index (χ0n) is 16.3. The van der Waals surface area contributed by atoms with Crippen LogP contribution in [-0.4, -0.2) is 34.2 Å². The van der Waals surface area contributed by atoms with Gasteiger partial charge in [0.25, 0.3) is 11.5 Å². The minimum Gasteiger partial charge on any atom is -0.453 e. The van der Waals surface area contributed by atoms with Gasteiger partial charge in [0.05, 0.1) is 6.20 Å². The van der Waals surface area contributed by atoms with Crippen molar-refractivity contribution >= 4 is 17.3 Å². The van der Waals surface area contributed by atoms with Gasteiger partial charge < -0.3 is 15.0 Å². The molecule has 1 N–H and O–H groups in total. The number of rotatable bonds is 6. The Morgan fingerprint density at radius 2 is 1.97 bits per heavy atom. The van der Waals surface area contributed by atoms with Crippen LogP contribution in [0.3, 0.4) is 0 Å². The summed E-state index contributed by atoms with van der Waals surface area (Å²) >= 11 is 0. The molecule has 0 saturated heterocycles. The molecule has 3 rings (SSSR count). The van der Waals surface area contributed by atoms with Crippen molar-refractivity contribution in [3.63, 3.8) is 0 Å². The first-order valence-corrected chi connectivity index (χ1v) is 9.01. The molecule has 2 aromatic carbocycles. The smallest absolute Gasteiger partial charge is 0.294 e. The number of nitrogens with zero attached hydrogens (tertiary/aromatic N) is 3. The van der Waals surface area contributed by atoms with Crippen molar-refractivity contribution in [1.29, 1.82) is 0 Å². The fraction of sp³-hybridized carbons (Fsp3) is 0.190. The molecule has 0 aliphatic heterocycles. The normalized spacial score (nSPS) is 10.5. The van der Waals surface area contributed by atoms with Crippen LogP contribution in [0.2, 0.25) is 0 Å². The van der Waals surface area contributed by atoms with Crippen LogP contribution in [0.15, 0.2) is 59.5 Å². The molecule has 0 saturated carbocycles. The molecule has 7 nitrogen and oxygen atoms in total. The van der Waals surface area contributed by atoms with Gasteiger partial charge >= 0.3 is 0 Å². The van der Waals surface area contributed by atoms with E-state index >= 15 is 0 Å². The van der Waals surface area contributed by atoms with E-state index < -0.39 is 11.4 Å². The Kier molecular flexibility index (Phi) is 5.92. The number of hydrogen-bond donors (Lipinski definition) is 1. The number of hydrogen-bond acceptors (Lipinski definition) is 5. The van der Waals surface area contributed by atoms with Gasteiger partial charge in [-0.05, 0) is 49.4 Å². The first-order chi connectivity index (χ1) is 13.9. The van der Waals surface area contributed by atoms with E-state index in [1.54, 1.807) is 36.2 Å². The maximum absolute atomic E-state index is 13.1. The van der Waals surface area contributed by atoms with E-state index in [0.29, 0.717) is 23.5 Å². The van der Waals surface area contributed by atoms with Gasteiger partial charge in [-0.2, -0.15) is 5.10 Å². The average Bonchev–Trinajstić information content (AvgIpc) is 2.74. The van der Waals surface area contributed by atoms with Crippen molar-refractivity contribution in [1.82, 2.24) is 14.7 Å². The van der Waals surface area contributed by atoms with Crippen LogP contribution < -0.4 is 15.6 Å². The molecule has 8 heteroatoms. The summed E-state index contributed by atoms with van der Waals surface area (Å²) in [6.07, 6.45) is 1.40. The van der Waals surface area contributed by atoms with Gasteiger partial charge in [-0.1, -0.05) is 6.07 Å². The van der Waals surface area contributed by atoms with Gasteiger partial charge in [0.2, 0.25) is 0 Å². The Bertz CT molecular complexity index is 1080. The van der Waals surface area contributed by atoms with E-state index in [4.69, 9.17) is 4.74 Å². The number of aryl methyl sites for hydroxylation is 1. The number of aromatic nitrogens is 2. The van der Waals surface area contributed by atoms with E-state index in [0.717, 1.165) is 0 Å². The summed E-state index contributed by atoms with van der Waals surface area (Å²) in [6.45, 7) is 2.47. The average molecular weight is 396 g/mol. The van der Waals surface area contributed by atoms with Crippen LogP contribution in [0.25, 0.3) is 0 Å². The van der Waals surface area contributed by atoms with E-state index in [1.807, 2.05) is 6.92 Å². The third-order valence-electron chi connectivity index (χ3n) is 4.34. The van der Waals surface area contributed by atoms with Crippen LogP contribution in [-0.2, 0) is 7.05 Å². The lowest BCUT2D eigenvalue weighted by molar-refractivity contribution is 0.0802. The Morgan fingerprint density at radius 1 is 1.24 bits per heavy atom. The number of nitrogens with one attached hydrogen (secondary N) is 1. The minimum atomic E-state index is -0.410. The zero-order valence-corrected chi connectivity index (χ0v) is 16.3. The van der Waals surface area contributed by atoms with Gasteiger partial charge in [0.15, 0.2) is 11.4 Å². The molecule has 0 atom stereocenters. The highest BCUT2D eigenvalue weighted by molar-refractivity contribution is 5.95. The molecule has 0 aliphatic rings. The van der Waals surface area contributed by atoms with Gasteiger partial charge in [0, 0.05) is 31.9 Å². The molecular weight excluding hydrogens is 375 g/mol. The Labute approximate surface area is 167 Å². The summed E-state index contributed by atoms with van der Waals surface area (Å²) in [6, 6.07) is 12.3. The van der Waals surface area contributed by atoms with Gasteiger partial charge in [0.1, 0.15) is 11.6 Å². The molecular formula is C21H21FN4O3. The molecule has 1 aromatic heterocycles. The fourth-order valence-electron chi connectivity index (χ4n) is 2.58. The third-order valence-corrected chi connectivity index (χ3v) is 4.34. The summed E-state index contributed by atoms with van der Waals surface area (Å²) in [5.41, 5.74) is 0.783. The third kappa shape index (κ3) is 4.60. The van der Waals surface area contributed by atoms with Crippen LogP contribution in [0.1, 0.15) is 17.3 Å². The molecule has 0 radical (unpaired) electrons. The van der Waals surface area contributed by atoms with Crippen LogP contribution >= 0.6 is 0 Å². The second kappa shape index (κ2) is 8.55. The van der Waals surface area contributed by atoms with Crippen LogP contribution in [0.5, 0.6) is 11.5 Å². The Morgan fingerprint density at radius 3 is 2.66 bits per heavy atom. The van der Waals surface area contributed by atoms with Crippen molar-refractivity contribution in [3.05, 3.63) is 76.5 Å². The van der Waals surface area contributed by atoms with Crippen LogP contribution in [0.4, 0.5) is 15.8 Å². The number of ether oxygens (including phenoxy) is 1. The van der Waals surface area contributed by atoms with Crippen molar-refractivity contribution in [3.8, 4) is 11.5 Å². The zero-order chi connectivity index (χ0) is 21.0. The second-order valence-electron chi connectivity index (χ2n) is 6.39. The lowest BCUT2D eigenvalue weighted by Gasteiger charge is -2.16. The van der Waals surface area contributed by atoms with Gasteiger partial charge in [-0.15, -0.1) is 0 Å². The molecule has 0 aliphatic carbocycles. The molecule has 150 valence electrons. The Balaban J connectivity index is 1.94. The van der Waals surface area contributed by atoms with Gasteiger partial charge in [-0.25, -0.2) is 9.07 Å². The van der Waals surface area contributed by atoms with Crippen LogP contribution in [0, 0.1) is 5.82 Å². The number of benzene rings is 2. The highest BCUT2D eigenvalue weighted by atomic mass is 19.1. The van der Waals surface area contributed by atoms with Crippen molar-refractivity contribution in [2.45, 2.75) is 6.92 Å². The van der Waals surface area contributed by atoms with E-state index in [1.165, 1.54) is 42.2 Å². The lowest BCUT2D eigenvalue weighted by atomic mass is 10.1. The maximum atomic E-state index is 13.1. The van der Waals surface area contributed by atoms with E-state index in [2.05, 4.69) is 10.4 Å². The summed E-state index contributed by atoms with van der Waals surface area (Å²) in [5, 5.41) is 7.00. The summed E-state index contributed by atoms with van der Waals surface area (Å²) < 4.78 is 20.0. The summed E-state index contributed by atoms with van der Waals surface area (Å²) in [4.78, 5) is 26.6. The highest BCUT2D eigenvalue weighted by Crippen LogP contribution is 2.28. The first kappa shape index (κ1) is 20.1. The predicted molar refractivity (Wildman–Crippen MR) is 108 cm³/mol. The Hall–Kier alpha value is -3.68. The standard InChI is InChI=1S/C21H21FN4O3/c1-4-25(2)20(27)14-6-5-7-16(12-14)24-19-18(13-23-26(3)21(19)28)29-17-10-8-15(22)9-11-17/h5-13,24H,4H2,1-3H3. The quantitative estimate of drug-likeness (QED) is 0.690. The molecule has 3 aromatic rings. The highest BCUT2D eigenvalue weighted by Gasteiger charge is 2.15. The SMILES string of the molecule is CCN(C)C(=O)c1cccc(Nc2c(Oc3ccc(F)cc3)cnn(C)c2=O)c1. The fourth-order valence-corrected chi connectivity index (χ4v) is 2.58. The minimum absolute atomic E-state index is 0.124. The summed E-state index contributed by atoms with van der Waals surface area (Å²) in [7, 11) is 3.24. The van der Waals surface area contributed by atoms with Crippen molar-refractivity contribution in [2.24, 2.45) is 7.05 Å². The predicted octanol–water partition coefficient (Wildman–Crippen LogP) is 3.55. The van der Waals surface area contributed by atoms with Crippen molar-refractivity contribution in [2.75, 3.05) is 18.9 Å². The summed E-state index contributed by atoms with van der Waals surface area (Å²) in [5.74, 6) is 0.0259. The largest absolute Gasteiger partial charge is 0.453 e. The number of anilines is 2. The second-order valence-corrected chi connectivity index (χ2v) is 6.39. The lowest BCUT2D eigenvalue weighted by Crippen LogP contribution is -2.26. The van der Waals surface area contributed by atoms with E-state index in [-0.39, 0.29) is 17.3 Å². The number of amides is 1. The monoisotopic (exact) mass is 396 g/mol. The number of halogens is 1. The molecule has 0 bridgehead atoms. The maximum Gasteiger partial charge on any atom is 0.294 e. The molecule has 0 unspecified atom stereocenters. The number of carbonyl (C=O) groups is 1. The van der Waals surface area contributed by atoms with Gasteiger partial charge in [-0.3, -0.25) is 9.59 Å². The molecule has 29 heavy (non-hydrogen) atoms. The molecule has 1 amide bonds. The number of carbonyl (C=O) groups excluding carboxylic acids is 1.